The second kappa shape index (κ2) is 4.24. The van der Waals surface area contributed by atoms with E-state index in [9.17, 15) is 8.42 Å². The van der Waals surface area contributed by atoms with Crippen LogP contribution < -0.4 is 10.5 Å². The number of hydrogen-bond donors (Lipinski definition) is 2. The zero-order chi connectivity index (χ0) is 9.73. The summed E-state index contributed by atoms with van der Waals surface area (Å²) in [7, 11) is -3.32. The second-order valence-corrected chi connectivity index (χ2v) is 4.29. The lowest BCUT2D eigenvalue weighted by Crippen LogP contribution is -2.19. The number of anilines is 1. The number of nitrogens with one attached hydrogen (secondary N) is 1. The first-order valence-electron chi connectivity index (χ1n) is 3.75. The molecule has 0 fully saturated rings. The molecule has 74 valence electrons. The van der Waals surface area contributed by atoms with Gasteiger partial charge in [-0.15, -0.1) is 0 Å². The molecule has 0 atom stereocenters. The fourth-order valence-electron chi connectivity index (χ4n) is 0.749. The highest BCUT2D eigenvalue weighted by Gasteiger charge is 2.10. The Bertz CT molecular complexity index is 332. The average Bonchev–Trinajstić information content (AvgIpc) is 2.52. The number of nitrogens with zero attached hydrogens (tertiary/aromatic N) is 1. The molecule has 0 unspecified atom stereocenters. The van der Waals surface area contributed by atoms with Crippen LogP contribution >= 0.6 is 0 Å². The number of rotatable bonds is 5. The van der Waals surface area contributed by atoms with Crippen molar-refractivity contribution in [2.45, 2.75) is 6.42 Å². The van der Waals surface area contributed by atoms with E-state index in [1.807, 2.05) is 0 Å². The standard InChI is InChI=1S/C6H11N3O3S/c7-3-1-5-13(10,11)9-6-2-4-12-8-6/h2,4H,1,3,5,7H2,(H,8,9). The molecule has 0 radical (unpaired) electrons. The van der Waals surface area contributed by atoms with Crippen molar-refractivity contribution in [3.05, 3.63) is 12.3 Å². The molecule has 0 bridgehead atoms. The minimum absolute atomic E-state index is 0.00361. The summed E-state index contributed by atoms with van der Waals surface area (Å²) in [5.41, 5.74) is 5.18. The van der Waals surface area contributed by atoms with Crippen molar-refractivity contribution >= 4 is 15.8 Å². The second-order valence-electron chi connectivity index (χ2n) is 2.45. The molecule has 1 heterocycles. The SMILES string of the molecule is NCCCS(=O)(=O)Nc1ccon1. The summed E-state index contributed by atoms with van der Waals surface area (Å²) >= 11 is 0. The van der Waals surface area contributed by atoms with E-state index in [1.165, 1.54) is 12.3 Å². The largest absolute Gasteiger partial charge is 0.363 e. The summed E-state index contributed by atoms with van der Waals surface area (Å²) in [4.78, 5) is 0. The fraction of sp³-hybridized carbons (Fsp3) is 0.500. The molecule has 0 saturated carbocycles. The van der Waals surface area contributed by atoms with E-state index in [0.29, 0.717) is 13.0 Å². The molecule has 1 aromatic heterocycles. The van der Waals surface area contributed by atoms with Gasteiger partial charge in [-0.25, -0.2) is 8.42 Å². The lowest BCUT2D eigenvalue weighted by molar-refractivity contribution is 0.423. The highest BCUT2D eigenvalue weighted by Crippen LogP contribution is 2.04. The van der Waals surface area contributed by atoms with Gasteiger partial charge in [-0.3, -0.25) is 4.72 Å². The molecule has 1 aromatic rings. The lowest BCUT2D eigenvalue weighted by atomic mass is 10.5. The normalized spacial score (nSPS) is 11.5. The molecule has 13 heavy (non-hydrogen) atoms. The van der Waals surface area contributed by atoms with Gasteiger partial charge in [0.1, 0.15) is 6.26 Å². The third-order valence-electron chi connectivity index (χ3n) is 1.32. The molecule has 0 amide bonds. The highest BCUT2D eigenvalue weighted by molar-refractivity contribution is 7.92. The van der Waals surface area contributed by atoms with Gasteiger partial charge in [0.15, 0.2) is 5.82 Å². The van der Waals surface area contributed by atoms with Crippen LogP contribution in [0.2, 0.25) is 0 Å². The van der Waals surface area contributed by atoms with Gasteiger partial charge < -0.3 is 10.3 Å². The Hall–Kier alpha value is -1.08. The summed E-state index contributed by atoms with van der Waals surface area (Å²) in [6.07, 6.45) is 1.72. The number of nitrogens with two attached hydrogens (primary N) is 1. The maximum absolute atomic E-state index is 11.2. The predicted molar refractivity (Wildman–Crippen MR) is 47.6 cm³/mol. The topological polar surface area (TPSA) is 98.2 Å². The summed E-state index contributed by atoms with van der Waals surface area (Å²) in [5.74, 6) is 0.188. The van der Waals surface area contributed by atoms with Crippen molar-refractivity contribution in [3.63, 3.8) is 0 Å². The summed E-state index contributed by atoms with van der Waals surface area (Å²) in [6.45, 7) is 0.347. The van der Waals surface area contributed by atoms with Crippen molar-refractivity contribution in [3.8, 4) is 0 Å². The van der Waals surface area contributed by atoms with Gasteiger partial charge in [0, 0.05) is 6.07 Å². The van der Waals surface area contributed by atoms with Crippen LogP contribution in [0.25, 0.3) is 0 Å². The Morgan fingerprint density at radius 1 is 1.62 bits per heavy atom. The van der Waals surface area contributed by atoms with E-state index in [2.05, 4.69) is 14.4 Å². The third-order valence-corrected chi connectivity index (χ3v) is 2.66. The van der Waals surface area contributed by atoms with Gasteiger partial charge in [0.05, 0.1) is 5.75 Å². The van der Waals surface area contributed by atoms with Crippen molar-refractivity contribution in [1.29, 1.82) is 0 Å². The van der Waals surface area contributed by atoms with E-state index in [4.69, 9.17) is 5.73 Å². The minimum Gasteiger partial charge on any atom is -0.363 e. The molecule has 1 rings (SSSR count). The molecule has 6 nitrogen and oxygen atoms in total. The van der Waals surface area contributed by atoms with Crippen molar-refractivity contribution in [2.24, 2.45) is 5.73 Å². The van der Waals surface area contributed by atoms with E-state index >= 15 is 0 Å². The van der Waals surface area contributed by atoms with Crippen LogP contribution in [0.3, 0.4) is 0 Å². The fourth-order valence-corrected chi connectivity index (χ4v) is 1.82. The summed E-state index contributed by atoms with van der Waals surface area (Å²) in [5, 5.41) is 3.41. The Morgan fingerprint density at radius 3 is 2.92 bits per heavy atom. The molecule has 0 aliphatic carbocycles. The van der Waals surface area contributed by atoms with E-state index in [0.717, 1.165) is 0 Å². The predicted octanol–water partition coefficient (Wildman–Crippen LogP) is -0.235. The Morgan fingerprint density at radius 2 is 2.38 bits per heavy atom. The van der Waals surface area contributed by atoms with Crippen LogP contribution in [0.15, 0.2) is 16.9 Å². The summed E-state index contributed by atoms with van der Waals surface area (Å²) < 4.78 is 29.1. The van der Waals surface area contributed by atoms with Gasteiger partial charge in [-0.05, 0) is 13.0 Å². The molecule has 0 saturated heterocycles. The van der Waals surface area contributed by atoms with Gasteiger partial charge >= 0.3 is 0 Å². The third kappa shape index (κ3) is 3.43. The molecule has 0 aliphatic rings. The van der Waals surface area contributed by atoms with E-state index in [1.54, 1.807) is 0 Å². The maximum Gasteiger partial charge on any atom is 0.234 e. The monoisotopic (exact) mass is 205 g/mol. The highest BCUT2D eigenvalue weighted by atomic mass is 32.2. The Balaban J connectivity index is 2.53. The first kappa shape index (κ1) is 10.0. The Labute approximate surface area is 76.1 Å². The molecule has 0 aromatic carbocycles. The van der Waals surface area contributed by atoms with Crippen LogP contribution in [0.5, 0.6) is 0 Å². The van der Waals surface area contributed by atoms with E-state index in [-0.39, 0.29) is 11.6 Å². The zero-order valence-electron chi connectivity index (χ0n) is 6.93. The van der Waals surface area contributed by atoms with Crippen molar-refractivity contribution < 1.29 is 12.9 Å². The number of aromatic nitrogens is 1. The van der Waals surface area contributed by atoms with Gasteiger partial charge in [-0.1, -0.05) is 5.16 Å². The van der Waals surface area contributed by atoms with Crippen LogP contribution in [0.4, 0.5) is 5.82 Å². The molecule has 7 heteroatoms. The van der Waals surface area contributed by atoms with Crippen molar-refractivity contribution in [2.75, 3.05) is 17.0 Å². The first-order chi connectivity index (χ1) is 6.14. The average molecular weight is 205 g/mol. The van der Waals surface area contributed by atoms with Crippen LogP contribution in [-0.2, 0) is 10.0 Å². The quantitative estimate of drug-likeness (QED) is 0.691. The first-order valence-corrected chi connectivity index (χ1v) is 5.40. The lowest BCUT2D eigenvalue weighted by Gasteiger charge is -2.02. The van der Waals surface area contributed by atoms with Gasteiger partial charge in [0.2, 0.25) is 10.0 Å². The molecular formula is C6H11N3O3S. The number of sulfonamides is 1. The summed E-state index contributed by atoms with van der Waals surface area (Å²) in [6, 6.07) is 1.43. The molecule has 3 N–H and O–H groups in total. The molecular weight excluding hydrogens is 194 g/mol. The van der Waals surface area contributed by atoms with Crippen LogP contribution in [-0.4, -0.2) is 25.9 Å². The Kier molecular flexibility index (Phi) is 3.26. The smallest absolute Gasteiger partial charge is 0.234 e. The van der Waals surface area contributed by atoms with E-state index < -0.39 is 10.0 Å². The number of hydrogen-bond acceptors (Lipinski definition) is 5. The molecule has 0 spiro atoms. The molecule has 0 aliphatic heterocycles. The maximum atomic E-state index is 11.2. The van der Waals surface area contributed by atoms with Crippen LogP contribution in [0, 0.1) is 0 Å². The van der Waals surface area contributed by atoms with Gasteiger partial charge in [-0.2, -0.15) is 0 Å². The van der Waals surface area contributed by atoms with Gasteiger partial charge in [0.25, 0.3) is 0 Å². The minimum atomic E-state index is -3.32. The van der Waals surface area contributed by atoms with Crippen LogP contribution in [0.1, 0.15) is 6.42 Å². The zero-order valence-corrected chi connectivity index (χ0v) is 7.75. The van der Waals surface area contributed by atoms with Crippen molar-refractivity contribution in [1.82, 2.24) is 5.16 Å².